The van der Waals surface area contributed by atoms with Gasteiger partial charge in [0.1, 0.15) is 11.9 Å². The Morgan fingerprint density at radius 3 is 2.40 bits per heavy atom. The molecule has 0 aliphatic rings. The summed E-state index contributed by atoms with van der Waals surface area (Å²) < 4.78 is 14.0. The Bertz CT molecular complexity index is 1150. The van der Waals surface area contributed by atoms with Crippen molar-refractivity contribution in [1.82, 2.24) is 10.2 Å². The molecule has 0 bridgehead atoms. The molecular weight excluding hydrogens is 506 g/mol. The van der Waals surface area contributed by atoms with Gasteiger partial charge in [-0.3, -0.25) is 9.59 Å². The zero-order valence-corrected chi connectivity index (χ0v) is 21.7. The molecule has 0 heterocycles. The predicted molar refractivity (Wildman–Crippen MR) is 142 cm³/mol. The summed E-state index contributed by atoms with van der Waals surface area (Å²) in [6.45, 7) is 2.42. The first-order valence-corrected chi connectivity index (χ1v) is 13.2. The molecule has 35 heavy (non-hydrogen) atoms. The van der Waals surface area contributed by atoms with E-state index in [9.17, 15) is 14.0 Å². The Hall–Kier alpha value is -2.54. The highest BCUT2D eigenvalue weighted by atomic mass is 35.5. The first-order chi connectivity index (χ1) is 16.9. The monoisotopic (exact) mass is 532 g/mol. The van der Waals surface area contributed by atoms with Crippen LogP contribution in [0.25, 0.3) is 0 Å². The van der Waals surface area contributed by atoms with Gasteiger partial charge in [0, 0.05) is 35.3 Å². The van der Waals surface area contributed by atoms with E-state index in [1.165, 1.54) is 17.8 Å². The van der Waals surface area contributed by atoms with Crippen molar-refractivity contribution in [3.63, 3.8) is 0 Å². The van der Waals surface area contributed by atoms with Gasteiger partial charge >= 0.3 is 0 Å². The maximum Gasteiger partial charge on any atom is 0.243 e. The summed E-state index contributed by atoms with van der Waals surface area (Å²) in [7, 11) is 0. The average Bonchev–Trinajstić information content (AvgIpc) is 2.84. The Labute approximate surface area is 219 Å². The summed E-state index contributed by atoms with van der Waals surface area (Å²) >= 11 is 13.8. The van der Waals surface area contributed by atoms with Crippen LogP contribution in [-0.4, -0.2) is 35.1 Å². The molecular formula is C27H27Cl2FN2O2S. The van der Waals surface area contributed by atoms with E-state index in [1.807, 2.05) is 37.3 Å². The largest absolute Gasteiger partial charge is 0.355 e. The summed E-state index contributed by atoms with van der Waals surface area (Å²) in [6.07, 6.45) is 0.349. The van der Waals surface area contributed by atoms with Gasteiger partial charge in [-0.2, -0.15) is 0 Å². The van der Waals surface area contributed by atoms with E-state index < -0.39 is 6.04 Å². The summed E-state index contributed by atoms with van der Waals surface area (Å²) in [5.41, 5.74) is 2.15. The third-order valence-electron chi connectivity index (χ3n) is 5.42. The van der Waals surface area contributed by atoms with Crippen LogP contribution in [0.4, 0.5) is 4.39 Å². The van der Waals surface area contributed by atoms with Gasteiger partial charge in [0.2, 0.25) is 11.8 Å². The number of hydrogen-bond acceptors (Lipinski definition) is 3. The number of amides is 2. The number of hydrogen-bond donors (Lipinski definition) is 1. The molecule has 0 aliphatic carbocycles. The molecule has 1 atom stereocenters. The minimum atomic E-state index is -0.745. The third kappa shape index (κ3) is 7.99. The minimum absolute atomic E-state index is 0.0875. The first-order valence-electron chi connectivity index (χ1n) is 11.2. The maximum absolute atomic E-state index is 14.0. The van der Waals surface area contributed by atoms with Crippen molar-refractivity contribution in [1.29, 1.82) is 0 Å². The summed E-state index contributed by atoms with van der Waals surface area (Å²) in [4.78, 5) is 28.2. The first kappa shape index (κ1) is 27.1. The van der Waals surface area contributed by atoms with E-state index in [1.54, 1.807) is 41.3 Å². The average molecular weight is 533 g/mol. The van der Waals surface area contributed by atoms with Gasteiger partial charge < -0.3 is 10.2 Å². The highest BCUT2D eigenvalue weighted by Gasteiger charge is 2.30. The van der Waals surface area contributed by atoms with E-state index in [0.717, 1.165) is 5.56 Å². The van der Waals surface area contributed by atoms with Crippen LogP contribution in [0, 0.1) is 5.82 Å². The summed E-state index contributed by atoms with van der Waals surface area (Å²) in [5, 5.41) is 3.76. The van der Waals surface area contributed by atoms with Crippen LogP contribution in [0.1, 0.15) is 23.6 Å². The van der Waals surface area contributed by atoms with E-state index in [2.05, 4.69) is 5.32 Å². The summed E-state index contributed by atoms with van der Waals surface area (Å²) in [5.74, 6) is -0.345. The molecule has 0 fully saturated rings. The van der Waals surface area contributed by atoms with Crippen molar-refractivity contribution in [2.75, 3.05) is 12.3 Å². The molecule has 4 nitrogen and oxygen atoms in total. The lowest BCUT2D eigenvalue weighted by atomic mass is 10.0. The van der Waals surface area contributed by atoms with Crippen LogP contribution in [-0.2, 0) is 28.3 Å². The second kappa shape index (κ2) is 13.5. The van der Waals surface area contributed by atoms with E-state index in [0.29, 0.717) is 39.9 Å². The number of carbonyl (C=O) groups excluding carboxylic acids is 2. The number of carbonyl (C=O) groups is 2. The molecule has 0 radical (unpaired) electrons. The standard InChI is InChI=1S/C27H27Cl2FN2O2S/c1-2-31-27(34)25(14-19-8-4-3-5-9-19)32(16-20-12-13-22(28)15-23(20)29)26(33)18-35-17-21-10-6-7-11-24(21)30/h3-13,15,25H,2,14,16-18H2,1H3,(H,31,34). The minimum Gasteiger partial charge on any atom is -0.355 e. The topological polar surface area (TPSA) is 49.4 Å². The lowest BCUT2D eigenvalue weighted by molar-refractivity contribution is -0.139. The third-order valence-corrected chi connectivity index (χ3v) is 6.97. The smallest absolute Gasteiger partial charge is 0.243 e. The molecule has 3 rings (SSSR count). The number of likely N-dealkylation sites (N-methyl/N-ethyl adjacent to an activating group) is 1. The highest BCUT2D eigenvalue weighted by Crippen LogP contribution is 2.25. The van der Waals surface area contributed by atoms with Crippen molar-refractivity contribution in [2.45, 2.75) is 31.7 Å². The number of nitrogens with zero attached hydrogens (tertiary/aromatic N) is 1. The maximum atomic E-state index is 14.0. The van der Waals surface area contributed by atoms with Crippen LogP contribution in [0.3, 0.4) is 0 Å². The second-order valence-electron chi connectivity index (χ2n) is 7.94. The fourth-order valence-electron chi connectivity index (χ4n) is 3.63. The van der Waals surface area contributed by atoms with E-state index in [4.69, 9.17) is 23.2 Å². The molecule has 3 aromatic rings. The zero-order chi connectivity index (χ0) is 25.2. The Kier molecular flexibility index (Phi) is 10.5. The lowest BCUT2D eigenvalue weighted by Gasteiger charge is -2.31. The molecule has 3 aromatic carbocycles. The van der Waals surface area contributed by atoms with Crippen LogP contribution in [0.15, 0.2) is 72.8 Å². The van der Waals surface area contributed by atoms with Gasteiger partial charge in [-0.05, 0) is 41.8 Å². The Balaban J connectivity index is 1.86. The van der Waals surface area contributed by atoms with Crippen LogP contribution in [0.5, 0.6) is 0 Å². The number of thioether (sulfide) groups is 1. The number of benzene rings is 3. The fourth-order valence-corrected chi connectivity index (χ4v) is 4.99. The van der Waals surface area contributed by atoms with Crippen molar-refractivity contribution in [3.05, 3.63) is 105 Å². The molecule has 2 amide bonds. The molecule has 1 N–H and O–H groups in total. The molecule has 0 saturated heterocycles. The van der Waals surface area contributed by atoms with Crippen LogP contribution >= 0.6 is 35.0 Å². The quantitative estimate of drug-likeness (QED) is 0.322. The van der Waals surface area contributed by atoms with Gasteiger partial charge in [0.15, 0.2) is 0 Å². The predicted octanol–water partition coefficient (Wildman–Crippen LogP) is 6.14. The van der Waals surface area contributed by atoms with E-state index in [-0.39, 0.29) is 29.9 Å². The van der Waals surface area contributed by atoms with Crippen molar-refractivity contribution >= 4 is 46.8 Å². The van der Waals surface area contributed by atoms with Crippen molar-refractivity contribution in [3.8, 4) is 0 Å². The molecule has 1 unspecified atom stereocenters. The molecule has 8 heteroatoms. The summed E-state index contributed by atoms with van der Waals surface area (Å²) in [6, 6.07) is 20.4. The van der Waals surface area contributed by atoms with Crippen LogP contribution in [0.2, 0.25) is 10.0 Å². The molecule has 0 spiro atoms. The highest BCUT2D eigenvalue weighted by molar-refractivity contribution is 7.99. The van der Waals surface area contributed by atoms with Gasteiger partial charge in [0.25, 0.3) is 0 Å². The van der Waals surface area contributed by atoms with Crippen molar-refractivity contribution in [2.24, 2.45) is 0 Å². The Morgan fingerprint density at radius 2 is 1.71 bits per heavy atom. The van der Waals surface area contributed by atoms with Gasteiger partial charge in [-0.1, -0.05) is 77.8 Å². The van der Waals surface area contributed by atoms with Gasteiger partial charge in [-0.25, -0.2) is 4.39 Å². The number of rotatable bonds is 11. The molecule has 0 aromatic heterocycles. The van der Waals surface area contributed by atoms with Gasteiger partial charge in [0.05, 0.1) is 5.75 Å². The Morgan fingerprint density at radius 1 is 1.00 bits per heavy atom. The molecule has 184 valence electrons. The van der Waals surface area contributed by atoms with E-state index >= 15 is 0 Å². The van der Waals surface area contributed by atoms with Gasteiger partial charge in [-0.15, -0.1) is 11.8 Å². The molecule has 0 aliphatic heterocycles. The SMILES string of the molecule is CCNC(=O)C(Cc1ccccc1)N(Cc1ccc(Cl)cc1Cl)C(=O)CSCc1ccccc1F. The van der Waals surface area contributed by atoms with Crippen molar-refractivity contribution < 1.29 is 14.0 Å². The second-order valence-corrected chi connectivity index (χ2v) is 9.77. The lowest BCUT2D eigenvalue weighted by Crippen LogP contribution is -2.51. The zero-order valence-electron chi connectivity index (χ0n) is 19.3. The number of nitrogens with one attached hydrogen (secondary N) is 1. The number of halogens is 3. The normalized spacial score (nSPS) is 11.7. The fraction of sp³-hybridized carbons (Fsp3) is 0.259. The van der Waals surface area contributed by atoms with Crippen LogP contribution < -0.4 is 5.32 Å². The molecule has 0 saturated carbocycles.